The Morgan fingerprint density at radius 1 is 1.21 bits per heavy atom. The van der Waals surface area contributed by atoms with Gasteiger partial charge in [-0.15, -0.1) is 0 Å². The molecular weight excluding hydrogens is 366 g/mol. The lowest BCUT2D eigenvalue weighted by Gasteiger charge is -2.29. The molecule has 0 aliphatic carbocycles. The van der Waals surface area contributed by atoms with Gasteiger partial charge in [0.1, 0.15) is 0 Å². The predicted molar refractivity (Wildman–Crippen MR) is 112 cm³/mol. The van der Waals surface area contributed by atoms with E-state index in [9.17, 15) is 9.59 Å². The van der Waals surface area contributed by atoms with E-state index in [0.29, 0.717) is 23.5 Å². The molecule has 0 radical (unpaired) electrons. The van der Waals surface area contributed by atoms with Crippen LogP contribution in [0.15, 0.2) is 42.5 Å². The molecule has 1 fully saturated rings. The number of nitrogens with one attached hydrogen (secondary N) is 2. The number of amides is 2. The molecule has 0 bridgehead atoms. The molecule has 4 rings (SSSR count). The highest BCUT2D eigenvalue weighted by molar-refractivity contribution is 6.04. The Kier molecular flexibility index (Phi) is 5.53. The number of ether oxygens (including phenoxy) is 1. The van der Waals surface area contributed by atoms with Crippen LogP contribution in [0.25, 0.3) is 0 Å². The summed E-state index contributed by atoms with van der Waals surface area (Å²) < 4.78 is 5.72. The number of hydrogen-bond donors (Lipinski definition) is 2. The number of carbonyl (C=O) groups excluding carboxylic acids is 2. The maximum Gasteiger partial charge on any atom is 0.265 e. The Hall–Kier alpha value is -2.86. The van der Waals surface area contributed by atoms with E-state index in [-0.39, 0.29) is 17.9 Å². The third-order valence-corrected chi connectivity index (χ3v) is 5.68. The van der Waals surface area contributed by atoms with E-state index in [1.807, 2.05) is 0 Å². The fourth-order valence-electron chi connectivity index (χ4n) is 3.99. The van der Waals surface area contributed by atoms with Gasteiger partial charge in [-0.1, -0.05) is 35.9 Å². The van der Waals surface area contributed by atoms with Crippen molar-refractivity contribution in [3.8, 4) is 5.75 Å². The van der Waals surface area contributed by atoms with Crippen molar-refractivity contribution in [1.29, 1.82) is 0 Å². The maximum absolute atomic E-state index is 13.0. The van der Waals surface area contributed by atoms with Crippen LogP contribution < -0.4 is 15.4 Å². The molecule has 1 saturated heterocycles. The highest BCUT2D eigenvalue weighted by Crippen LogP contribution is 2.33. The molecule has 0 saturated carbocycles. The largest absolute Gasteiger partial charge is 0.478 e. The van der Waals surface area contributed by atoms with Gasteiger partial charge in [0, 0.05) is 6.54 Å². The molecule has 6 nitrogen and oxygen atoms in total. The lowest BCUT2D eigenvalue weighted by molar-refractivity contribution is -0.122. The molecule has 2 aliphatic rings. The Balaban J connectivity index is 1.52. The summed E-state index contributed by atoms with van der Waals surface area (Å²) in [4.78, 5) is 27.3. The van der Waals surface area contributed by atoms with E-state index in [0.717, 1.165) is 13.1 Å². The van der Waals surface area contributed by atoms with Crippen LogP contribution >= 0.6 is 0 Å². The fraction of sp³-hybridized carbons (Fsp3) is 0.391. The summed E-state index contributed by atoms with van der Waals surface area (Å²) in [5.74, 6) is 0.0372. The number of aryl methyl sites for hydroxylation is 1. The normalized spacial score (nSPS) is 19.8. The van der Waals surface area contributed by atoms with Crippen molar-refractivity contribution in [2.45, 2.75) is 38.8 Å². The van der Waals surface area contributed by atoms with Gasteiger partial charge in [-0.2, -0.15) is 0 Å². The first kappa shape index (κ1) is 19.5. The smallest absolute Gasteiger partial charge is 0.265 e. The molecule has 2 N–H and O–H groups in total. The van der Waals surface area contributed by atoms with Gasteiger partial charge in [0.25, 0.3) is 11.8 Å². The Morgan fingerprint density at radius 3 is 2.66 bits per heavy atom. The number of nitrogens with zero attached hydrogens (tertiary/aromatic N) is 1. The standard InChI is InChI=1S/C23H27N3O3/c1-15-8-10-17(11-9-15)20(26-12-3-4-13-26)14-24-23(28)18-6-5-7-19-21(18)29-16(2)22(27)25-19/h5-11,16,20H,3-4,12-14H2,1-2H3,(H,24,28)(H,25,27). The van der Waals surface area contributed by atoms with Gasteiger partial charge < -0.3 is 15.4 Å². The Bertz CT molecular complexity index is 904. The second kappa shape index (κ2) is 8.25. The molecular formula is C23H27N3O3. The number of fused-ring (bicyclic) bond motifs is 1. The number of para-hydroxylation sites is 1. The van der Waals surface area contributed by atoms with E-state index in [1.165, 1.54) is 24.0 Å². The Labute approximate surface area is 171 Å². The van der Waals surface area contributed by atoms with E-state index < -0.39 is 6.10 Å². The minimum Gasteiger partial charge on any atom is -0.478 e. The van der Waals surface area contributed by atoms with Crippen LogP contribution in [0.5, 0.6) is 5.75 Å². The number of likely N-dealkylation sites (tertiary alicyclic amines) is 1. The third-order valence-electron chi connectivity index (χ3n) is 5.68. The first-order valence-electron chi connectivity index (χ1n) is 10.2. The fourth-order valence-corrected chi connectivity index (χ4v) is 3.99. The van der Waals surface area contributed by atoms with Gasteiger partial charge in [-0.25, -0.2) is 0 Å². The first-order chi connectivity index (χ1) is 14.0. The van der Waals surface area contributed by atoms with Crippen molar-refractivity contribution in [3.63, 3.8) is 0 Å². The maximum atomic E-state index is 13.0. The van der Waals surface area contributed by atoms with Crippen LogP contribution in [0.3, 0.4) is 0 Å². The summed E-state index contributed by atoms with van der Waals surface area (Å²) in [7, 11) is 0. The highest BCUT2D eigenvalue weighted by atomic mass is 16.5. The first-order valence-corrected chi connectivity index (χ1v) is 10.2. The monoisotopic (exact) mass is 393 g/mol. The van der Waals surface area contributed by atoms with Crippen LogP contribution in [0.2, 0.25) is 0 Å². The summed E-state index contributed by atoms with van der Waals surface area (Å²) in [6, 6.07) is 13.9. The van der Waals surface area contributed by atoms with E-state index in [2.05, 4.69) is 46.7 Å². The van der Waals surface area contributed by atoms with Crippen molar-refractivity contribution in [1.82, 2.24) is 10.2 Å². The minimum absolute atomic E-state index is 0.140. The average Bonchev–Trinajstić information content (AvgIpc) is 3.24. The van der Waals surface area contributed by atoms with Crippen LogP contribution in [0, 0.1) is 6.92 Å². The number of carbonyl (C=O) groups is 2. The molecule has 29 heavy (non-hydrogen) atoms. The number of hydrogen-bond acceptors (Lipinski definition) is 4. The zero-order valence-electron chi connectivity index (χ0n) is 16.9. The average molecular weight is 393 g/mol. The van der Waals surface area contributed by atoms with Crippen LogP contribution in [-0.4, -0.2) is 42.5 Å². The number of anilines is 1. The van der Waals surface area contributed by atoms with Crippen molar-refractivity contribution < 1.29 is 14.3 Å². The Morgan fingerprint density at radius 2 is 1.93 bits per heavy atom. The minimum atomic E-state index is -0.624. The quantitative estimate of drug-likeness (QED) is 0.818. The molecule has 0 aromatic heterocycles. The van der Waals surface area contributed by atoms with Gasteiger partial charge in [-0.05, 0) is 57.5 Å². The van der Waals surface area contributed by atoms with Crippen LogP contribution in [0.1, 0.15) is 47.3 Å². The van der Waals surface area contributed by atoms with E-state index >= 15 is 0 Å². The molecule has 2 aromatic carbocycles. The topological polar surface area (TPSA) is 70.7 Å². The lowest BCUT2D eigenvalue weighted by Crippen LogP contribution is -2.38. The van der Waals surface area contributed by atoms with Crippen LogP contribution in [-0.2, 0) is 4.79 Å². The molecule has 6 heteroatoms. The molecule has 2 amide bonds. The van der Waals surface area contributed by atoms with Gasteiger partial charge in [0.15, 0.2) is 11.9 Å². The number of benzene rings is 2. The second-order valence-electron chi connectivity index (χ2n) is 7.81. The van der Waals surface area contributed by atoms with Gasteiger partial charge in [0.2, 0.25) is 0 Å². The third kappa shape index (κ3) is 4.12. The van der Waals surface area contributed by atoms with Gasteiger partial charge in [-0.3, -0.25) is 14.5 Å². The van der Waals surface area contributed by atoms with Crippen LogP contribution in [0.4, 0.5) is 5.69 Å². The van der Waals surface area contributed by atoms with Crippen molar-refractivity contribution in [3.05, 3.63) is 59.2 Å². The number of rotatable bonds is 5. The van der Waals surface area contributed by atoms with E-state index in [1.54, 1.807) is 25.1 Å². The molecule has 2 unspecified atom stereocenters. The summed E-state index contributed by atoms with van der Waals surface area (Å²) in [5, 5.41) is 5.89. The summed E-state index contributed by atoms with van der Waals surface area (Å²) in [5.41, 5.74) is 3.42. The van der Waals surface area contributed by atoms with Crippen molar-refractivity contribution in [2.75, 3.05) is 25.0 Å². The highest BCUT2D eigenvalue weighted by Gasteiger charge is 2.29. The van der Waals surface area contributed by atoms with Crippen molar-refractivity contribution >= 4 is 17.5 Å². The molecule has 2 aromatic rings. The lowest BCUT2D eigenvalue weighted by atomic mass is 10.0. The molecule has 152 valence electrons. The zero-order chi connectivity index (χ0) is 20.4. The van der Waals surface area contributed by atoms with Gasteiger partial charge in [0.05, 0.1) is 17.3 Å². The van der Waals surface area contributed by atoms with E-state index in [4.69, 9.17) is 4.74 Å². The predicted octanol–water partition coefficient (Wildman–Crippen LogP) is 3.28. The second-order valence-corrected chi connectivity index (χ2v) is 7.81. The summed E-state index contributed by atoms with van der Waals surface area (Å²) in [6.07, 6.45) is 1.75. The molecule has 2 aliphatic heterocycles. The van der Waals surface area contributed by atoms with Gasteiger partial charge >= 0.3 is 0 Å². The molecule has 0 spiro atoms. The molecule has 2 heterocycles. The SMILES string of the molecule is Cc1ccc(C(CNC(=O)c2cccc3c2OC(C)C(=O)N3)N2CCCC2)cc1. The summed E-state index contributed by atoms with van der Waals surface area (Å²) >= 11 is 0. The van der Waals surface area contributed by atoms with Crippen molar-refractivity contribution in [2.24, 2.45) is 0 Å². The molecule has 2 atom stereocenters. The summed E-state index contributed by atoms with van der Waals surface area (Å²) in [6.45, 7) is 6.36. The zero-order valence-corrected chi connectivity index (χ0v) is 16.9.